The van der Waals surface area contributed by atoms with Crippen molar-refractivity contribution < 1.29 is 9.59 Å². The molecular formula is C37H36N6O2. The van der Waals surface area contributed by atoms with Gasteiger partial charge in [-0.15, -0.1) is 0 Å². The van der Waals surface area contributed by atoms with E-state index in [1.807, 2.05) is 103 Å². The summed E-state index contributed by atoms with van der Waals surface area (Å²) in [4.78, 5) is 39.7. The van der Waals surface area contributed by atoms with Crippen molar-refractivity contribution in [2.75, 3.05) is 13.1 Å². The third-order valence-corrected chi connectivity index (χ3v) is 8.81. The molecule has 0 saturated carbocycles. The first-order chi connectivity index (χ1) is 22.1. The van der Waals surface area contributed by atoms with Crippen LogP contribution >= 0.6 is 0 Å². The molecule has 4 aromatic carbocycles. The van der Waals surface area contributed by atoms with Crippen molar-refractivity contribution >= 4 is 33.5 Å². The van der Waals surface area contributed by atoms with Crippen molar-refractivity contribution in [2.45, 2.75) is 31.3 Å². The van der Waals surface area contributed by atoms with Gasteiger partial charge in [0, 0.05) is 41.2 Å². The Morgan fingerprint density at radius 1 is 0.778 bits per heavy atom. The van der Waals surface area contributed by atoms with Crippen LogP contribution in [0.1, 0.15) is 41.9 Å². The minimum absolute atomic E-state index is 0.0953. The highest BCUT2D eigenvalue weighted by Gasteiger charge is 2.31. The van der Waals surface area contributed by atoms with Gasteiger partial charge in [0.15, 0.2) is 0 Å². The minimum Gasteiger partial charge on any atom is -0.361 e. The maximum Gasteiger partial charge on any atom is 0.247 e. The number of aromatic amines is 2. The van der Waals surface area contributed by atoms with Gasteiger partial charge in [0.05, 0.1) is 11.7 Å². The first kappa shape index (κ1) is 28.6. The fourth-order valence-corrected chi connectivity index (χ4v) is 6.39. The first-order valence-corrected chi connectivity index (χ1v) is 15.6. The number of para-hydroxylation sites is 1. The van der Waals surface area contributed by atoms with E-state index in [4.69, 9.17) is 4.98 Å². The Kier molecular flexibility index (Phi) is 8.12. The number of nitrogens with one attached hydrogen (secondary N) is 5. The zero-order valence-corrected chi connectivity index (χ0v) is 24.9. The summed E-state index contributed by atoms with van der Waals surface area (Å²) < 4.78 is 0. The van der Waals surface area contributed by atoms with Gasteiger partial charge >= 0.3 is 0 Å². The first-order valence-electron chi connectivity index (χ1n) is 15.6. The molecule has 1 unspecified atom stereocenters. The van der Waals surface area contributed by atoms with Gasteiger partial charge in [-0.05, 0) is 53.9 Å². The van der Waals surface area contributed by atoms with Crippen LogP contribution in [0.4, 0.5) is 0 Å². The molecule has 6 aromatic rings. The maximum atomic E-state index is 14.5. The van der Waals surface area contributed by atoms with Crippen molar-refractivity contribution in [3.63, 3.8) is 0 Å². The van der Waals surface area contributed by atoms with Crippen molar-refractivity contribution in [2.24, 2.45) is 5.92 Å². The molecule has 2 atom stereocenters. The third-order valence-electron chi connectivity index (χ3n) is 8.81. The number of hydrogen-bond donors (Lipinski definition) is 5. The van der Waals surface area contributed by atoms with Gasteiger partial charge in [0.25, 0.3) is 0 Å². The van der Waals surface area contributed by atoms with E-state index in [1.165, 1.54) is 0 Å². The van der Waals surface area contributed by atoms with Gasteiger partial charge in [-0.2, -0.15) is 0 Å². The molecule has 3 heterocycles. The number of fused-ring (bicyclic) bond motifs is 2. The second-order valence-electron chi connectivity index (χ2n) is 11.7. The smallest absolute Gasteiger partial charge is 0.247 e. The van der Waals surface area contributed by atoms with E-state index >= 15 is 0 Å². The second kappa shape index (κ2) is 12.8. The zero-order chi connectivity index (χ0) is 30.6. The predicted molar refractivity (Wildman–Crippen MR) is 177 cm³/mol. The molecule has 8 nitrogen and oxygen atoms in total. The number of carbonyl (C=O) groups is 2. The average molecular weight is 597 g/mol. The number of H-pyrrole nitrogens is 2. The van der Waals surface area contributed by atoms with Gasteiger partial charge in [-0.3, -0.25) is 9.59 Å². The molecule has 5 N–H and O–H groups in total. The normalized spacial score (nSPS) is 15.1. The van der Waals surface area contributed by atoms with Crippen LogP contribution in [-0.2, 0) is 16.0 Å². The molecule has 0 radical (unpaired) electrons. The van der Waals surface area contributed by atoms with E-state index in [0.29, 0.717) is 12.2 Å². The van der Waals surface area contributed by atoms with Crippen molar-refractivity contribution in [1.82, 2.24) is 30.9 Å². The minimum atomic E-state index is -0.882. The molecule has 7 rings (SSSR count). The van der Waals surface area contributed by atoms with Crippen LogP contribution in [0.25, 0.3) is 32.9 Å². The van der Waals surface area contributed by atoms with Crippen LogP contribution in [0.2, 0.25) is 0 Å². The highest BCUT2D eigenvalue weighted by atomic mass is 16.2. The molecule has 1 saturated heterocycles. The van der Waals surface area contributed by atoms with Crippen LogP contribution in [0.3, 0.4) is 0 Å². The molecule has 0 spiro atoms. The third kappa shape index (κ3) is 6.10. The summed E-state index contributed by atoms with van der Waals surface area (Å²) in [5.74, 6) is 0.129. The van der Waals surface area contributed by atoms with Crippen molar-refractivity contribution in [3.05, 3.63) is 126 Å². The number of aromatic nitrogens is 3. The lowest BCUT2D eigenvalue weighted by Gasteiger charge is -2.27. The molecule has 1 aliphatic rings. The topological polar surface area (TPSA) is 115 Å². The SMILES string of the molecule is O=C(NC(C(=O)N[C@H](Cc1c[nH]c2ccccc12)c1nc(-c2ccccc2)c[nH]1)c1cccc2ccccc12)C1CCNCC1. The van der Waals surface area contributed by atoms with Crippen LogP contribution in [0, 0.1) is 5.92 Å². The number of imidazole rings is 1. The molecule has 2 aromatic heterocycles. The number of carbonyl (C=O) groups excluding carboxylic acids is 2. The molecule has 1 aliphatic heterocycles. The maximum absolute atomic E-state index is 14.5. The lowest BCUT2D eigenvalue weighted by Crippen LogP contribution is -2.45. The fraction of sp³-hybridized carbons (Fsp3) is 0.216. The van der Waals surface area contributed by atoms with Crippen LogP contribution in [0.5, 0.6) is 0 Å². The lowest BCUT2D eigenvalue weighted by atomic mass is 9.94. The Morgan fingerprint density at radius 3 is 2.36 bits per heavy atom. The van der Waals surface area contributed by atoms with Gasteiger partial charge in [0.2, 0.25) is 11.8 Å². The van der Waals surface area contributed by atoms with Gasteiger partial charge in [0.1, 0.15) is 11.9 Å². The molecule has 0 bridgehead atoms. The molecule has 226 valence electrons. The van der Waals surface area contributed by atoms with Crippen molar-refractivity contribution in [3.8, 4) is 11.3 Å². The van der Waals surface area contributed by atoms with E-state index in [9.17, 15) is 9.59 Å². The molecule has 0 aliphatic carbocycles. The van der Waals surface area contributed by atoms with E-state index < -0.39 is 12.1 Å². The van der Waals surface area contributed by atoms with Crippen LogP contribution < -0.4 is 16.0 Å². The summed E-state index contributed by atoms with van der Waals surface area (Å²) in [5.41, 5.74) is 4.65. The summed E-state index contributed by atoms with van der Waals surface area (Å²) in [6.07, 6.45) is 5.86. The number of benzene rings is 4. The summed E-state index contributed by atoms with van der Waals surface area (Å²) >= 11 is 0. The Hall–Kier alpha value is -5.21. The van der Waals surface area contributed by atoms with Gasteiger partial charge in [-0.25, -0.2) is 4.98 Å². The molecular weight excluding hydrogens is 560 g/mol. The van der Waals surface area contributed by atoms with E-state index in [0.717, 1.165) is 70.0 Å². The summed E-state index contributed by atoms with van der Waals surface area (Å²) in [6, 6.07) is 30.6. The average Bonchev–Trinajstić information content (AvgIpc) is 3.75. The predicted octanol–water partition coefficient (Wildman–Crippen LogP) is 5.97. The summed E-state index contributed by atoms with van der Waals surface area (Å²) in [7, 11) is 0. The Labute approximate surface area is 261 Å². The number of nitrogens with zero attached hydrogens (tertiary/aromatic N) is 1. The molecule has 2 amide bonds. The Morgan fingerprint density at radius 2 is 1.51 bits per heavy atom. The van der Waals surface area contributed by atoms with E-state index in [-0.39, 0.29) is 17.7 Å². The van der Waals surface area contributed by atoms with Gasteiger partial charge < -0.3 is 25.9 Å². The quantitative estimate of drug-likeness (QED) is 0.142. The summed E-state index contributed by atoms with van der Waals surface area (Å²) in [6.45, 7) is 1.58. The number of amides is 2. The zero-order valence-electron chi connectivity index (χ0n) is 24.9. The van der Waals surface area contributed by atoms with E-state index in [1.54, 1.807) is 0 Å². The summed E-state index contributed by atoms with van der Waals surface area (Å²) in [5, 5.41) is 12.8. The standard InChI is InChI=1S/C37H36N6O2/c44-36(26-17-19-38-20-18-26)43-34(30-15-8-12-24-9-4-5-13-28(24)30)37(45)42-32(21-27-22-39-31-16-7-6-14-29(27)31)35-40-23-33(41-35)25-10-2-1-3-11-25/h1-16,22-23,26,32,34,38-39H,17-21H2,(H,40,41)(H,42,45)(H,43,44)/t32-,34?/m1/s1. The number of rotatable bonds is 9. The van der Waals surface area contributed by atoms with Gasteiger partial charge in [-0.1, -0.05) is 91.0 Å². The number of hydrogen-bond acceptors (Lipinski definition) is 4. The highest BCUT2D eigenvalue weighted by molar-refractivity contribution is 5.95. The Bertz CT molecular complexity index is 1930. The van der Waals surface area contributed by atoms with Crippen molar-refractivity contribution in [1.29, 1.82) is 0 Å². The largest absolute Gasteiger partial charge is 0.361 e. The van der Waals surface area contributed by atoms with Crippen LogP contribution in [0.15, 0.2) is 109 Å². The lowest BCUT2D eigenvalue weighted by molar-refractivity contribution is -0.132. The van der Waals surface area contributed by atoms with E-state index in [2.05, 4.69) is 32.0 Å². The number of piperidine rings is 1. The second-order valence-corrected chi connectivity index (χ2v) is 11.7. The molecule has 1 fully saturated rings. The Balaban J connectivity index is 1.25. The molecule has 45 heavy (non-hydrogen) atoms. The van der Waals surface area contributed by atoms with Crippen LogP contribution in [-0.4, -0.2) is 39.9 Å². The highest BCUT2D eigenvalue weighted by Crippen LogP contribution is 2.29. The molecule has 8 heteroatoms. The monoisotopic (exact) mass is 596 g/mol. The fourth-order valence-electron chi connectivity index (χ4n) is 6.39.